The molecule has 2 atom stereocenters. The van der Waals surface area contributed by atoms with Crippen molar-refractivity contribution in [1.82, 2.24) is 19.6 Å². The summed E-state index contributed by atoms with van der Waals surface area (Å²) in [5, 5.41) is 14.9. The van der Waals surface area contributed by atoms with Gasteiger partial charge in [0, 0.05) is 24.7 Å². The van der Waals surface area contributed by atoms with Crippen molar-refractivity contribution in [2.45, 2.75) is 32.0 Å². The Morgan fingerprint density at radius 3 is 3.00 bits per heavy atom. The van der Waals surface area contributed by atoms with Crippen LogP contribution in [0.3, 0.4) is 0 Å². The average Bonchev–Trinajstić information content (AvgIpc) is 3.26. The van der Waals surface area contributed by atoms with Gasteiger partial charge in [0.25, 0.3) is 0 Å². The van der Waals surface area contributed by atoms with Gasteiger partial charge in [-0.2, -0.15) is 4.98 Å². The topological polar surface area (TPSA) is 84.4 Å². The SMILES string of the molecule is Cc1noc([C@H]2C[C@H](O)CN2C(=O)Cn2ccc3ccccc32)n1. The molecule has 0 aliphatic carbocycles. The van der Waals surface area contributed by atoms with E-state index in [-0.39, 0.29) is 25.0 Å². The van der Waals surface area contributed by atoms with Crippen molar-refractivity contribution in [3.05, 3.63) is 48.2 Å². The molecule has 0 saturated carbocycles. The number of β-amino-alcohol motifs (C(OH)–C–C–N with tert-alkyl or cyclic N) is 1. The Bertz CT molecular complexity index is 885. The summed E-state index contributed by atoms with van der Waals surface area (Å²) in [7, 11) is 0. The first-order valence-electron chi connectivity index (χ1n) is 7.93. The van der Waals surface area contributed by atoms with Crippen molar-refractivity contribution in [3.63, 3.8) is 0 Å². The predicted octanol–water partition coefficient (Wildman–Crippen LogP) is 1.67. The van der Waals surface area contributed by atoms with Crippen LogP contribution in [0.25, 0.3) is 10.9 Å². The number of fused-ring (bicyclic) bond motifs is 1. The van der Waals surface area contributed by atoms with Gasteiger partial charge in [0.05, 0.1) is 6.10 Å². The molecule has 1 N–H and O–H groups in total. The first-order valence-corrected chi connectivity index (χ1v) is 7.93. The lowest BCUT2D eigenvalue weighted by atomic mass is 10.2. The molecule has 1 aliphatic heterocycles. The Hall–Kier alpha value is -2.67. The zero-order chi connectivity index (χ0) is 16.7. The van der Waals surface area contributed by atoms with E-state index in [4.69, 9.17) is 4.52 Å². The molecule has 1 amide bonds. The summed E-state index contributed by atoms with van der Waals surface area (Å²) < 4.78 is 7.12. The van der Waals surface area contributed by atoms with Crippen LogP contribution in [-0.4, -0.2) is 43.3 Å². The molecule has 2 aromatic heterocycles. The number of rotatable bonds is 3. The fraction of sp³-hybridized carbons (Fsp3) is 0.353. The Kier molecular flexibility index (Phi) is 3.57. The van der Waals surface area contributed by atoms with E-state index in [1.165, 1.54) is 0 Å². The molecule has 24 heavy (non-hydrogen) atoms. The Morgan fingerprint density at radius 2 is 2.21 bits per heavy atom. The molecule has 0 spiro atoms. The zero-order valence-electron chi connectivity index (χ0n) is 13.3. The fourth-order valence-corrected chi connectivity index (χ4v) is 3.29. The van der Waals surface area contributed by atoms with Crippen LogP contribution in [0.2, 0.25) is 0 Å². The molecular formula is C17H18N4O3. The smallest absolute Gasteiger partial charge is 0.249 e. The van der Waals surface area contributed by atoms with Gasteiger partial charge in [-0.25, -0.2) is 0 Å². The highest BCUT2D eigenvalue weighted by Crippen LogP contribution is 2.31. The summed E-state index contributed by atoms with van der Waals surface area (Å²) in [4.78, 5) is 18.6. The van der Waals surface area contributed by atoms with E-state index in [2.05, 4.69) is 10.1 Å². The Balaban J connectivity index is 1.58. The number of amides is 1. The minimum absolute atomic E-state index is 0.0752. The number of aliphatic hydroxyl groups excluding tert-OH is 1. The van der Waals surface area contributed by atoms with Crippen LogP contribution in [0.1, 0.15) is 24.2 Å². The van der Waals surface area contributed by atoms with Crippen LogP contribution >= 0.6 is 0 Å². The summed E-state index contributed by atoms with van der Waals surface area (Å²) in [6.07, 6.45) is 1.74. The molecule has 1 saturated heterocycles. The number of para-hydroxylation sites is 1. The third kappa shape index (κ3) is 2.56. The van der Waals surface area contributed by atoms with E-state index in [1.54, 1.807) is 11.8 Å². The Morgan fingerprint density at radius 1 is 1.38 bits per heavy atom. The maximum Gasteiger partial charge on any atom is 0.249 e. The number of aryl methyl sites for hydroxylation is 1. The average molecular weight is 326 g/mol. The van der Waals surface area contributed by atoms with E-state index < -0.39 is 6.10 Å². The van der Waals surface area contributed by atoms with Gasteiger partial charge in [-0.1, -0.05) is 23.4 Å². The lowest BCUT2D eigenvalue weighted by Crippen LogP contribution is -2.34. The van der Waals surface area contributed by atoms with E-state index in [9.17, 15) is 9.90 Å². The van der Waals surface area contributed by atoms with Crippen molar-refractivity contribution < 1.29 is 14.4 Å². The van der Waals surface area contributed by atoms with Crippen LogP contribution in [0.15, 0.2) is 41.1 Å². The van der Waals surface area contributed by atoms with Crippen molar-refractivity contribution in [2.75, 3.05) is 6.54 Å². The van der Waals surface area contributed by atoms with E-state index in [0.29, 0.717) is 18.1 Å². The maximum absolute atomic E-state index is 12.8. The molecule has 0 unspecified atom stereocenters. The second kappa shape index (κ2) is 5.76. The summed E-state index contributed by atoms with van der Waals surface area (Å²) in [5.41, 5.74) is 1.01. The summed E-state index contributed by atoms with van der Waals surface area (Å²) in [5.74, 6) is 0.832. The summed E-state index contributed by atoms with van der Waals surface area (Å²) in [6.45, 7) is 2.23. The van der Waals surface area contributed by atoms with Crippen LogP contribution in [0.4, 0.5) is 0 Å². The largest absolute Gasteiger partial charge is 0.391 e. The van der Waals surface area contributed by atoms with Crippen molar-refractivity contribution in [1.29, 1.82) is 0 Å². The van der Waals surface area contributed by atoms with Crippen LogP contribution in [0, 0.1) is 6.92 Å². The number of hydrogen-bond donors (Lipinski definition) is 1. The molecule has 0 bridgehead atoms. The molecule has 3 aromatic rings. The number of benzene rings is 1. The van der Waals surface area contributed by atoms with Crippen LogP contribution < -0.4 is 0 Å². The highest BCUT2D eigenvalue weighted by atomic mass is 16.5. The highest BCUT2D eigenvalue weighted by molar-refractivity contribution is 5.83. The number of aromatic nitrogens is 3. The van der Waals surface area contributed by atoms with Gasteiger partial charge in [-0.05, 0) is 24.4 Å². The third-order valence-electron chi connectivity index (χ3n) is 4.41. The Labute approximate surface area is 138 Å². The molecule has 1 fully saturated rings. The molecule has 1 aliphatic rings. The number of likely N-dealkylation sites (tertiary alicyclic amines) is 1. The highest BCUT2D eigenvalue weighted by Gasteiger charge is 2.38. The number of carbonyl (C=O) groups is 1. The fourth-order valence-electron chi connectivity index (χ4n) is 3.29. The molecule has 7 heteroatoms. The van der Waals surface area contributed by atoms with Gasteiger partial charge in [-0.15, -0.1) is 0 Å². The van der Waals surface area contributed by atoms with Gasteiger partial charge < -0.3 is 19.1 Å². The number of hydrogen-bond acceptors (Lipinski definition) is 5. The van der Waals surface area contributed by atoms with Crippen molar-refractivity contribution in [3.8, 4) is 0 Å². The number of aliphatic hydroxyl groups is 1. The van der Waals surface area contributed by atoms with Gasteiger partial charge in [0.15, 0.2) is 5.82 Å². The minimum atomic E-state index is -0.576. The molecule has 0 radical (unpaired) electrons. The van der Waals surface area contributed by atoms with E-state index in [1.807, 2.05) is 41.1 Å². The third-order valence-corrected chi connectivity index (χ3v) is 4.41. The lowest BCUT2D eigenvalue weighted by molar-refractivity contribution is -0.133. The van der Waals surface area contributed by atoms with Crippen molar-refractivity contribution >= 4 is 16.8 Å². The molecule has 4 rings (SSSR count). The molecular weight excluding hydrogens is 308 g/mol. The van der Waals surface area contributed by atoms with E-state index in [0.717, 1.165) is 10.9 Å². The predicted molar refractivity (Wildman–Crippen MR) is 86.1 cm³/mol. The lowest BCUT2D eigenvalue weighted by Gasteiger charge is -2.22. The maximum atomic E-state index is 12.8. The first kappa shape index (κ1) is 14.9. The standard InChI is InChI=1S/C17H18N4O3/c1-11-18-17(24-19-11)15-8-13(22)9-21(15)16(23)10-20-7-6-12-4-2-3-5-14(12)20/h2-7,13,15,22H,8-10H2,1H3/t13-,15+/m0/s1. The molecule has 124 valence electrons. The zero-order valence-corrected chi connectivity index (χ0v) is 13.3. The summed E-state index contributed by atoms with van der Waals surface area (Å²) in [6, 6.07) is 9.54. The van der Waals surface area contributed by atoms with Gasteiger partial charge in [0.2, 0.25) is 11.8 Å². The molecule has 1 aromatic carbocycles. The van der Waals surface area contributed by atoms with Crippen molar-refractivity contribution in [2.24, 2.45) is 0 Å². The second-order valence-electron chi connectivity index (χ2n) is 6.13. The van der Waals surface area contributed by atoms with E-state index >= 15 is 0 Å². The van der Waals surface area contributed by atoms with Gasteiger partial charge >= 0.3 is 0 Å². The number of carbonyl (C=O) groups excluding carboxylic acids is 1. The monoisotopic (exact) mass is 326 g/mol. The minimum Gasteiger partial charge on any atom is -0.391 e. The quantitative estimate of drug-likeness (QED) is 0.791. The first-order chi connectivity index (χ1) is 11.6. The summed E-state index contributed by atoms with van der Waals surface area (Å²) >= 11 is 0. The van der Waals surface area contributed by atoms with Crippen LogP contribution in [-0.2, 0) is 11.3 Å². The molecule has 7 nitrogen and oxygen atoms in total. The normalized spacial score (nSPS) is 20.8. The second-order valence-corrected chi connectivity index (χ2v) is 6.13. The molecule has 3 heterocycles. The van der Waals surface area contributed by atoms with Gasteiger partial charge in [0.1, 0.15) is 12.6 Å². The van der Waals surface area contributed by atoms with Crippen LogP contribution in [0.5, 0.6) is 0 Å². The van der Waals surface area contributed by atoms with Gasteiger partial charge in [-0.3, -0.25) is 4.79 Å². The number of nitrogens with zero attached hydrogens (tertiary/aromatic N) is 4.